The topological polar surface area (TPSA) is 54.9 Å². The third-order valence-electron chi connectivity index (χ3n) is 2.80. The van der Waals surface area contributed by atoms with Crippen molar-refractivity contribution in [2.45, 2.75) is 39.7 Å². The van der Waals surface area contributed by atoms with Crippen LogP contribution in [0.1, 0.15) is 31.6 Å². The smallest absolute Gasteiger partial charge is 0.285 e. The van der Waals surface area contributed by atoms with Crippen LogP contribution < -0.4 is 11.2 Å². The second kappa shape index (κ2) is 4.87. The molecule has 0 saturated heterocycles. The SMILES string of the molecule is CCCCn1c(=O)[nH]c(=O)c2cc(CC)sc21. The quantitative estimate of drug-likeness (QED) is 0.906. The maximum Gasteiger partial charge on any atom is 0.329 e. The third-order valence-corrected chi connectivity index (χ3v) is 4.10. The first kappa shape index (κ1) is 12.1. The Labute approximate surface area is 103 Å². The van der Waals surface area contributed by atoms with Crippen LogP contribution in [-0.2, 0) is 13.0 Å². The predicted molar refractivity (Wildman–Crippen MR) is 71.0 cm³/mol. The molecule has 0 aromatic carbocycles. The number of unbranched alkanes of at least 4 members (excludes halogenated alkanes) is 1. The molecule has 2 rings (SSSR count). The molecule has 17 heavy (non-hydrogen) atoms. The number of aromatic nitrogens is 2. The molecule has 0 aliphatic rings. The van der Waals surface area contributed by atoms with E-state index in [0.29, 0.717) is 11.9 Å². The molecule has 0 radical (unpaired) electrons. The first-order valence-electron chi connectivity index (χ1n) is 5.93. The van der Waals surface area contributed by atoms with Crippen molar-refractivity contribution in [3.63, 3.8) is 0 Å². The van der Waals surface area contributed by atoms with Crippen LogP contribution in [-0.4, -0.2) is 9.55 Å². The molecule has 2 aromatic heterocycles. The normalized spacial score (nSPS) is 11.2. The fourth-order valence-corrected chi connectivity index (χ4v) is 2.93. The molecular formula is C12H16N2O2S. The molecule has 0 unspecified atom stereocenters. The number of hydrogen-bond donors (Lipinski definition) is 1. The lowest BCUT2D eigenvalue weighted by atomic mass is 10.3. The van der Waals surface area contributed by atoms with Gasteiger partial charge in [-0.15, -0.1) is 11.3 Å². The van der Waals surface area contributed by atoms with Gasteiger partial charge in [0, 0.05) is 11.4 Å². The highest BCUT2D eigenvalue weighted by Crippen LogP contribution is 2.22. The lowest BCUT2D eigenvalue weighted by molar-refractivity contribution is 0.620. The van der Waals surface area contributed by atoms with E-state index in [4.69, 9.17) is 0 Å². The predicted octanol–water partition coefficient (Wildman–Crippen LogP) is 2.11. The Morgan fingerprint density at radius 1 is 1.35 bits per heavy atom. The van der Waals surface area contributed by atoms with Crippen molar-refractivity contribution in [1.82, 2.24) is 9.55 Å². The first-order chi connectivity index (χ1) is 8.17. The Kier molecular flexibility index (Phi) is 3.47. The second-order valence-electron chi connectivity index (χ2n) is 4.05. The number of fused-ring (bicyclic) bond motifs is 1. The molecule has 2 aromatic rings. The van der Waals surface area contributed by atoms with Gasteiger partial charge in [-0.05, 0) is 18.9 Å². The summed E-state index contributed by atoms with van der Waals surface area (Å²) in [5.74, 6) is 0. The van der Waals surface area contributed by atoms with Crippen LogP contribution in [0.3, 0.4) is 0 Å². The number of H-pyrrole nitrogens is 1. The Balaban J connectivity index is 2.68. The van der Waals surface area contributed by atoms with Gasteiger partial charge in [0.15, 0.2) is 0 Å². The van der Waals surface area contributed by atoms with Gasteiger partial charge in [-0.2, -0.15) is 0 Å². The van der Waals surface area contributed by atoms with Crippen LogP contribution in [0.2, 0.25) is 0 Å². The monoisotopic (exact) mass is 252 g/mol. The summed E-state index contributed by atoms with van der Waals surface area (Å²) in [6.07, 6.45) is 2.86. The van der Waals surface area contributed by atoms with Gasteiger partial charge < -0.3 is 0 Å². The van der Waals surface area contributed by atoms with Crippen LogP contribution in [0.15, 0.2) is 15.7 Å². The summed E-state index contributed by atoms with van der Waals surface area (Å²) < 4.78 is 1.68. The summed E-state index contributed by atoms with van der Waals surface area (Å²) in [6, 6.07) is 1.89. The second-order valence-corrected chi connectivity index (χ2v) is 5.16. The molecule has 1 N–H and O–H groups in total. The van der Waals surface area contributed by atoms with Crippen LogP contribution >= 0.6 is 11.3 Å². The Hall–Kier alpha value is -1.36. The highest BCUT2D eigenvalue weighted by Gasteiger charge is 2.10. The minimum Gasteiger partial charge on any atom is -0.285 e. The fraction of sp³-hybridized carbons (Fsp3) is 0.500. The minimum atomic E-state index is -0.291. The molecule has 0 spiro atoms. The van der Waals surface area contributed by atoms with Crippen molar-refractivity contribution in [2.24, 2.45) is 0 Å². The number of hydrogen-bond acceptors (Lipinski definition) is 3. The van der Waals surface area contributed by atoms with Crippen molar-refractivity contribution >= 4 is 21.6 Å². The lowest BCUT2D eigenvalue weighted by Gasteiger charge is -2.04. The highest BCUT2D eigenvalue weighted by atomic mass is 32.1. The van der Waals surface area contributed by atoms with E-state index in [0.717, 1.165) is 29.0 Å². The fourth-order valence-electron chi connectivity index (χ4n) is 1.81. The molecule has 0 aliphatic heterocycles. The van der Waals surface area contributed by atoms with Gasteiger partial charge in [-0.1, -0.05) is 20.3 Å². The number of aryl methyl sites for hydroxylation is 2. The third kappa shape index (κ3) is 2.20. The molecular weight excluding hydrogens is 236 g/mol. The van der Waals surface area contributed by atoms with Gasteiger partial charge >= 0.3 is 5.69 Å². The summed E-state index contributed by atoms with van der Waals surface area (Å²) in [5.41, 5.74) is -0.561. The maximum atomic E-state index is 11.8. The molecule has 0 fully saturated rings. The zero-order valence-corrected chi connectivity index (χ0v) is 10.9. The number of rotatable bonds is 4. The van der Waals surface area contributed by atoms with Gasteiger partial charge in [-0.25, -0.2) is 4.79 Å². The molecule has 0 bridgehead atoms. The van der Waals surface area contributed by atoms with Gasteiger partial charge in [0.1, 0.15) is 4.83 Å². The van der Waals surface area contributed by atoms with Crippen molar-refractivity contribution in [3.05, 3.63) is 31.8 Å². The summed E-state index contributed by atoms with van der Waals surface area (Å²) in [4.78, 5) is 27.8. The molecule has 0 aliphatic carbocycles. The van der Waals surface area contributed by atoms with E-state index in [1.54, 1.807) is 15.9 Å². The van der Waals surface area contributed by atoms with E-state index in [1.807, 2.05) is 13.0 Å². The number of nitrogens with zero attached hydrogens (tertiary/aromatic N) is 1. The number of aromatic amines is 1. The Bertz CT molecular complexity index is 636. The summed E-state index contributed by atoms with van der Waals surface area (Å²) in [7, 11) is 0. The zero-order valence-electron chi connectivity index (χ0n) is 10.1. The van der Waals surface area contributed by atoms with Gasteiger partial charge in [0.2, 0.25) is 0 Å². The molecule has 0 amide bonds. The summed E-state index contributed by atoms with van der Waals surface area (Å²) >= 11 is 1.55. The van der Waals surface area contributed by atoms with E-state index in [-0.39, 0.29) is 11.2 Å². The lowest BCUT2D eigenvalue weighted by Crippen LogP contribution is -2.29. The number of nitrogens with one attached hydrogen (secondary N) is 1. The molecule has 92 valence electrons. The summed E-state index contributed by atoms with van der Waals surface area (Å²) in [5, 5.41) is 0.641. The van der Waals surface area contributed by atoms with E-state index in [9.17, 15) is 9.59 Å². The zero-order chi connectivity index (χ0) is 12.4. The maximum absolute atomic E-state index is 11.8. The van der Waals surface area contributed by atoms with Crippen molar-refractivity contribution in [1.29, 1.82) is 0 Å². The van der Waals surface area contributed by atoms with Crippen LogP contribution in [0.4, 0.5) is 0 Å². The van der Waals surface area contributed by atoms with E-state index in [1.165, 1.54) is 0 Å². The molecule has 5 heteroatoms. The van der Waals surface area contributed by atoms with Gasteiger partial charge in [0.25, 0.3) is 5.56 Å². The van der Waals surface area contributed by atoms with E-state index < -0.39 is 0 Å². The largest absolute Gasteiger partial charge is 0.329 e. The van der Waals surface area contributed by atoms with Crippen molar-refractivity contribution in [2.75, 3.05) is 0 Å². The molecule has 0 saturated carbocycles. The van der Waals surface area contributed by atoms with Gasteiger partial charge in [0.05, 0.1) is 5.39 Å². The first-order valence-corrected chi connectivity index (χ1v) is 6.74. The van der Waals surface area contributed by atoms with Crippen molar-refractivity contribution < 1.29 is 0 Å². The molecule has 0 atom stereocenters. The molecule has 2 heterocycles. The Morgan fingerprint density at radius 3 is 2.76 bits per heavy atom. The average molecular weight is 252 g/mol. The van der Waals surface area contributed by atoms with E-state index in [2.05, 4.69) is 11.9 Å². The van der Waals surface area contributed by atoms with Crippen molar-refractivity contribution in [3.8, 4) is 0 Å². The standard InChI is InChI=1S/C12H16N2O2S/c1-3-5-6-14-11-9(7-8(4-2)17-11)10(15)13-12(14)16/h7H,3-6H2,1-2H3,(H,13,15,16). The van der Waals surface area contributed by atoms with E-state index >= 15 is 0 Å². The molecule has 4 nitrogen and oxygen atoms in total. The number of thiophene rings is 1. The van der Waals surface area contributed by atoms with Crippen LogP contribution in [0, 0.1) is 0 Å². The minimum absolute atomic E-state index is 0.270. The summed E-state index contributed by atoms with van der Waals surface area (Å²) in [6.45, 7) is 4.81. The van der Waals surface area contributed by atoms with Crippen LogP contribution in [0.5, 0.6) is 0 Å². The van der Waals surface area contributed by atoms with Crippen LogP contribution in [0.25, 0.3) is 10.2 Å². The Morgan fingerprint density at radius 2 is 2.12 bits per heavy atom. The average Bonchev–Trinajstić information content (AvgIpc) is 2.73. The van der Waals surface area contributed by atoms with Gasteiger partial charge in [-0.3, -0.25) is 14.3 Å². The highest BCUT2D eigenvalue weighted by molar-refractivity contribution is 7.18.